The van der Waals surface area contributed by atoms with Crippen LogP contribution in [0.15, 0.2) is 30.6 Å². The van der Waals surface area contributed by atoms with Gasteiger partial charge in [0.25, 0.3) is 0 Å². The molecular formula is C13H14F2N2O. The number of hydrogen-bond acceptors (Lipinski definition) is 2. The molecule has 1 unspecified atom stereocenters. The molecule has 0 bridgehead atoms. The second kappa shape index (κ2) is 5.27. The fourth-order valence-corrected chi connectivity index (χ4v) is 1.86. The minimum absolute atomic E-state index is 0.154. The summed E-state index contributed by atoms with van der Waals surface area (Å²) in [6, 6.07) is 3.37. The first-order chi connectivity index (χ1) is 8.54. The van der Waals surface area contributed by atoms with Crippen LogP contribution >= 0.6 is 0 Å². The van der Waals surface area contributed by atoms with E-state index in [2.05, 4.69) is 5.10 Å². The molecule has 96 valence electrons. The van der Waals surface area contributed by atoms with E-state index < -0.39 is 17.7 Å². The summed E-state index contributed by atoms with van der Waals surface area (Å²) >= 11 is 0. The fraction of sp³-hybridized carbons (Fsp3) is 0.308. The van der Waals surface area contributed by atoms with Crippen molar-refractivity contribution in [1.82, 2.24) is 9.78 Å². The van der Waals surface area contributed by atoms with Crippen LogP contribution < -0.4 is 0 Å². The van der Waals surface area contributed by atoms with Gasteiger partial charge in [-0.25, -0.2) is 8.78 Å². The van der Waals surface area contributed by atoms with E-state index >= 15 is 0 Å². The van der Waals surface area contributed by atoms with E-state index in [-0.39, 0.29) is 6.42 Å². The molecule has 0 fully saturated rings. The maximum absolute atomic E-state index is 13.4. The first-order valence-electron chi connectivity index (χ1n) is 5.64. The van der Waals surface area contributed by atoms with Crippen molar-refractivity contribution in [2.45, 2.75) is 18.9 Å². The van der Waals surface area contributed by atoms with Crippen LogP contribution in [-0.4, -0.2) is 21.0 Å². The molecule has 1 heterocycles. The van der Waals surface area contributed by atoms with Crippen LogP contribution in [0.25, 0.3) is 0 Å². The maximum Gasteiger partial charge on any atom is 0.129 e. The molecule has 0 aliphatic heterocycles. The lowest BCUT2D eigenvalue weighted by atomic mass is 10.0. The van der Waals surface area contributed by atoms with Gasteiger partial charge in [-0.2, -0.15) is 5.10 Å². The van der Waals surface area contributed by atoms with Crippen molar-refractivity contribution in [2.75, 3.05) is 0 Å². The molecule has 1 atom stereocenters. The molecule has 0 amide bonds. The highest BCUT2D eigenvalue weighted by Crippen LogP contribution is 2.13. The third-order valence-electron chi connectivity index (χ3n) is 2.70. The standard InChI is InChI=1S/C13H14F2N2O/c1-17-8-9(7-16-17)4-12(18)5-10-2-3-11(14)6-13(10)15/h2-3,6-8,12,18H,4-5H2,1H3. The monoisotopic (exact) mass is 252 g/mol. The van der Waals surface area contributed by atoms with E-state index in [0.717, 1.165) is 11.6 Å². The largest absolute Gasteiger partial charge is 0.392 e. The number of rotatable bonds is 4. The van der Waals surface area contributed by atoms with Gasteiger partial charge in [0.1, 0.15) is 11.6 Å². The van der Waals surface area contributed by atoms with Crippen LogP contribution in [0.1, 0.15) is 11.1 Å². The molecule has 3 nitrogen and oxygen atoms in total. The van der Waals surface area contributed by atoms with Crippen molar-refractivity contribution in [3.63, 3.8) is 0 Å². The minimum Gasteiger partial charge on any atom is -0.392 e. The summed E-state index contributed by atoms with van der Waals surface area (Å²) < 4.78 is 27.7. The summed E-state index contributed by atoms with van der Waals surface area (Å²) in [5.41, 5.74) is 1.19. The van der Waals surface area contributed by atoms with E-state index in [1.807, 2.05) is 0 Å². The summed E-state index contributed by atoms with van der Waals surface area (Å²) in [5.74, 6) is -1.24. The highest BCUT2D eigenvalue weighted by atomic mass is 19.1. The molecule has 0 spiro atoms. The molecule has 0 radical (unpaired) electrons. The molecule has 0 saturated heterocycles. The Morgan fingerprint density at radius 3 is 2.72 bits per heavy atom. The van der Waals surface area contributed by atoms with Gasteiger partial charge in [0.2, 0.25) is 0 Å². The first-order valence-corrected chi connectivity index (χ1v) is 5.64. The van der Waals surface area contributed by atoms with Gasteiger partial charge in [-0.1, -0.05) is 6.07 Å². The topological polar surface area (TPSA) is 38.0 Å². The number of aliphatic hydroxyl groups is 1. The molecule has 18 heavy (non-hydrogen) atoms. The Balaban J connectivity index is 2.00. The van der Waals surface area contributed by atoms with Crippen molar-refractivity contribution in [3.8, 4) is 0 Å². The average Bonchev–Trinajstić information content (AvgIpc) is 2.68. The lowest BCUT2D eigenvalue weighted by molar-refractivity contribution is 0.174. The van der Waals surface area contributed by atoms with Crippen molar-refractivity contribution in [3.05, 3.63) is 53.4 Å². The van der Waals surface area contributed by atoms with E-state index in [4.69, 9.17) is 0 Å². The number of halogens is 2. The predicted octanol–water partition coefficient (Wildman–Crippen LogP) is 1.84. The highest BCUT2D eigenvalue weighted by molar-refractivity contribution is 5.20. The zero-order valence-corrected chi connectivity index (χ0v) is 9.98. The molecule has 2 rings (SSSR count). The SMILES string of the molecule is Cn1cc(CC(O)Cc2ccc(F)cc2F)cn1. The van der Waals surface area contributed by atoms with Gasteiger partial charge in [-0.05, 0) is 17.2 Å². The Morgan fingerprint density at radius 1 is 1.33 bits per heavy atom. The summed E-state index contributed by atoms with van der Waals surface area (Å²) in [7, 11) is 1.79. The molecule has 5 heteroatoms. The molecule has 0 saturated carbocycles. The van der Waals surface area contributed by atoms with E-state index in [9.17, 15) is 13.9 Å². The summed E-state index contributed by atoms with van der Waals surface area (Å²) in [5, 5.41) is 13.8. The Bertz CT molecular complexity index is 540. The normalized spacial score (nSPS) is 12.7. The second-order valence-electron chi connectivity index (χ2n) is 4.32. The van der Waals surface area contributed by atoms with Crippen LogP contribution in [-0.2, 0) is 19.9 Å². The first kappa shape index (κ1) is 12.7. The zero-order valence-electron chi connectivity index (χ0n) is 9.98. The lowest BCUT2D eigenvalue weighted by Gasteiger charge is -2.10. The maximum atomic E-state index is 13.4. The number of nitrogens with zero attached hydrogens (tertiary/aromatic N) is 2. The van der Waals surface area contributed by atoms with Gasteiger partial charge in [0.05, 0.1) is 12.3 Å². The van der Waals surface area contributed by atoms with Crippen molar-refractivity contribution < 1.29 is 13.9 Å². The Labute approximate surface area is 104 Å². The molecule has 1 N–H and O–H groups in total. The molecular weight excluding hydrogens is 238 g/mol. The van der Waals surface area contributed by atoms with Crippen LogP contribution in [0.2, 0.25) is 0 Å². The van der Waals surface area contributed by atoms with E-state index in [0.29, 0.717) is 12.0 Å². The molecule has 1 aromatic heterocycles. The smallest absolute Gasteiger partial charge is 0.129 e. The fourth-order valence-electron chi connectivity index (χ4n) is 1.86. The molecule has 0 aliphatic carbocycles. The van der Waals surface area contributed by atoms with E-state index in [1.54, 1.807) is 24.1 Å². The number of aryl methyl sites for hydroxylation is 1. The van der Waals surface area contributed by atoms with Gasteiger partial charge in [-0.15, -0.1) is 0 Å². The van der Waals surface area contributed by atoms with E-state index in [1.165, 1.54) is 12.1 Å². The number of aliphatic hydroxyl groups excluding tert-OH is 1. The number of benzene rings is 1. The van der Waals surface area contributed by atoms with Gasteiger partial charge in [-0.3, -0.25) is 4.68 Å². The van der Waals surface area contributed by atoms with Gasteiger partial charge >= 0.3 is 0 Å². The summed E-state index contributed by atoms with van der Waals surface area (Å²) in [6.45, 7) is 0. The lowest BCUT2D eigenvalue weighted by Crippen LogP contribution is -2.14. The third-order valence-corrected chi connectivity index (χ3v) is 2.70. The van der Waals surface area contributed by atoms with Crippen molar-refractivity contribution in [1.29, 1.82) is 0 Å². The average molecular weight is 252 g/mol. The van der Waals surface area contributed by atoms with Gasteiger partial charge in [0, 0.05) is 32.2 Å². The quantitative estimate of drug-likeness (QED) is 0.901. The van der Waals surface area contributed by atoms with Crippen molar-refractivity contribution in [2.24, 2.45) is 7.05 Å². The van der Waals surface area contributed by atoms with Gasteiger partial charge in [0.15, 0.2) is 0 Å². The zero-order chi connectivity index (χ0) is 13.1. The second-order valence-corrected chi connectivity index (χ2v) is 4.32. The third kappa shape index (κ3) is 3.13. The van der Waals surface area contributed by atoms with Crippen molar-refractivity contribution >= 4 is 0 Å². The summed E-state index contributed by atoms with van der Waals surface area (Å²) in [4.78, 5) is 0. The minimum atomic E-state index is -0.714. The van der Waals surface area contributed by atoms with Crippen LogP contribution in [0.5, 0.6) is 0 Å². The predicted molar refractivity (Wildman–Crippen MR) is 63.0 cm³/mol. The van der Waals surface area contributed by atoms with Crippen LogP contribution in [0.4, 0.5) is 8.78 Å². The molecule has 0 aliphatic rings. The number of hydrogen-bond donors (Lipinski definition) is 1. The summed E-state index contributed by atoms with van der Waals surface area (Å²) in [6.07, 6.45) is 3.29. The Hall–Kier alpha value is -1.75. The van der Waals surface area contributed by atoms with Crippen LogP contribution in [0.3, 0.4) is 0 Å². The van der Waals surface area contributed by atoms with Crippen LogP contribution in [0, 0.1) is 11.6 Å². The molecule has 1 aromatic carbocycles. The number of aromatic nitrogens is 2. The molecule has 2 aromatic rings. The Morgan fingerprint density at radius 2 is 2.11 bits per heavy atom. The highest BCUT2D eigenvalue weighted by Gasteiger charge is 2.11. The Kier molecular flexibility index (Phi) is 3.72. The van der Waals surface area contributed by atoms with Gasteiger partial charge < -0.3 is 5.11 Å².